The number of carbonyl (C=O) groups is 5. The molecule has 0 radical (unpaired) electrons. The minimum Gasteiger partial charge on any atom is -0.465 e. The maximum atomic E-state index is 13.3. The second-order valence-corrected chi connectivity index (χ2v) is 31.7. The molecule has 6 heterocycles. The Labute approximate surface area is 689 Å². The summed E-state index contributed by atoms with van der Waals surface area (Å²) in [5.41, 5.74) is 20.5. The number of nitrogens with zero attached hydrogens (tertiary/aromatic N) is 7. The molecule has 7 unspecified atom stereocenters. The summed E-state index contributed by atoms with van der Waals surface area (Å²) in [5.74, 6) is -1.67. The number of nitrogens with one attached hydrogen (secondary N) is 1. The van der Waals surface area contributed by atoms with Crippen LogP contribution in [0.2, 0.25) is 0 Å². The number of aromatic nitrogens is 5. The van der Waals surface area contributed by atoms with Crippen LogP contribution in [0, 0.1) is 29.6 Å². The fraction of sp³-hybridized carbons (Fsp3) is 0.648. The number of oxazole rings is 1. The molecule has 1 aliphatic carbocycles. The second-order valence-electron chi connectivity index (χ2n) is 31.7. The van der Waals surface area contributed by atoms with Crippen molar-refractivity contribution in [1.82, 2.24) is 40.0 Å². The lowest BCUT2D eigenvalue weighted by molar-refractivity contribution is -0.368. The molecule has 9 atom stereocenters. The van der Waals surface area contributed by atoms with Gasteiger partial charge >= 0.3 is 0 Å². The van der Waals surface area contributed by atoms with E-state index in [-0.39, 0.29) is 72.7 Å². The number of hydroxylamine groups is 2. The summed E-state index contributed by atoms with van der Waals surface area (Å²) < 4.78 is 70.4. The molecule has 9 rings (SSSR count). The predicted molar refractivity (Wildman–Crippen MR) is 444 cm³/mol. The number of hydrogen-bond donors (Lipinski definition) is 4. The number of carbonyl (C=O) groups excluding carboxylic acids is 5. The highest BCUT2D eigenvalue weighted by atomic mass is 16.8. The number of nitrogen functional groups attached to an aromatic ring is 2. The van der Waals surface area contributed by atoms with Gasteiger partial charge in [-0.1, -0.05) is 88.8 Å². The van der Waals surface area contributed by atoms with Gasteiger partial charge in [-0.2, -0.15) is 15.1 Å². The molecule has 3 fully saturated rings. The zero-order valence-corrected chi connectivity index (χ0v) is 70.1. The number of Topliss-reactive ketones (excluding diaryl/α,β-unsaturated/α-hetero) is 2. The van der Waals surface area contributed by atoms with Crippen LogP contribution in [-0.4, -0.2) is 245 Å². The minimum atomic E-state index is -1.63. The number of rotatable bonds is 56. The normalized spacial score (nSPS) is 20.7. The molecular formula is C88H130N10O19. The predicted octanol–water partition coefficient (Wildman–Crippen LogP) is 10.8. The van der Waals surface area contributed by atoms with Crippen LogP contribution in [0.1, 0.15) is 161 Å². The van der Waals surface area contributed by atoms with Gasteiger partial charge in [0.05, 0.1) is 129 Å². The van der Waals surface area contributed by atoms with Crippen molar-refractivity contribution in [2.75, 3.05) is 150 Å². The van der Waals surface area contributed by atoms with Crippen LogP contribution in [-0.2, 0) is 100 Å². The quantitative estimate of drug-likeness (QED) is 0.00923. The van der Waals surface area contributed by atoms with E-state index in [0.717, 1.165) is 118 Å². The van der Waals surface area contributed by atoms with E-state index in [1.165, 1.54) is 11.9 Å². The number of aliphatic hydroxyl groups is 1. The first kappa shape index (κ1) is 93.3. The minimum absolute atomic E-state index is 0.0187. The Bertz CT molecular complexity index is 3970. The van der Waals surface area contributed by atoms with Gasteiger partial charge in [0.25, 0.3) is 24.1 Å². The Morgan fingerprint density at radius 3 is 2.08 bits per heavy atom. The number of anilines is 2. The van der Waals surface area contributed by atoms with Gasteiger partial charge < -0.3 is 83.3 Å². The lowest BCUT2D eigenvalue weighted by Crippen LogP contribution is -2.58. The molecule has 0 bridgehead atoms. The fourth-order valence-corrected chi connectivity index (χ4v) is 15.7. The van der Waals surface area contributed by atoms with Gasteiger partial charge in [-0.05, 0) is 168 Å². The Morgan fingerprint density at radius 2 is 1.41 bits per heavy atom. The zero-order valence-electron chi connectivity index (χ0n) is 70.1. The Kier molecular flexibility index (Phi) is 40.2. The van der Waals surface area contributed by atoms with Crippen LogP contribution < -0.4 is 16.8 Å². The van der Waals surface area contributed by atoms with Crippen molar-refractivity contribution in [3.8, 4) is 11.3 Å². The molecule has 646 valence electrons. The standard InChI is InChI=1S/C88H130N10O19/c1-62(14-10-8-11-15-64(3)80(105-7)54-75-27-17-67(6)88(116-75,81(103)58-99)117-97-32-12-9-13-33-97)50-65(4)77(101)55-78(102)66(5)51-63(2)16-26-74(114-61-100)28-21-68-19-24-73(25-20-68)91-31-35-106-36-37-107-38-39-108-40-41-109-42-43-110-44-45-111-46-47-112-48-49-113-59-82(104)96-34-30-70-52-69(18-22-72(70)57-96)56-98-86-83(85(89)92-60-93-86)84(95-98)71-23-29-79-76(53-71)94-87(90)115-79/h8,10-11,14-15,18,22-23,29,51-53,58,60-63,65,67-68,73-75,78,80,91,102H,9,12-13,16-17,19-21,24-28,30-50,54-57,59H2,1-7H3,(H2,90,94)(H2,89,92,93)/b11-8+,14-10+,64-15+,66-51+/t62?,63?,65?,67-,68?,73?,74?,75?,78?,80?,88+/m1/s1. The largest absolute Gasteiger partial charge is 0.465 e. The molecule has 1 saturated carbocycles. The summed E-state index contributed by atoms with van der Waals surface area (Å²) in [5, 5.41) is 22.1. The number of ether oxygens (including phenoxy) is 11. The molecule has 1 amide bonds. The third-order valence-electron chi connectivity index (χ3n) is 22.6. The number of allylic oxidation sites excluding steroid dienone is 6. The number of aliphatic hydroxyl groups excluding tert-OH is 1. The molecule has 117 heavy (non-hydrogen) atoms. The molecule has 29 heteroatoms. The number of benzene rings is 2. The molecule has 29 nitrogen and oxygen atoms in total. The number of nitrogens with two attached hydrogens (primary N) is 2. The molecule has 6 N–H and O–H groups in total. The number of methoxy groups -OCH3 is 1. The van der Waals surface area contributed by atoms with Gasteiger partial charge in [0.1, 0.15) is 41.8 Å². The molecular weight excluding hydrogens is 1500 g/mol. The lowest BCUT2D eigenvalue weighted by Gasteiger charge is -2.46. The number of piperidine rings is 1. The van der Waals surface area contributed by atoms with Crippen LogP contribution in [0.4, 0.5) is 11.8 Å². The molecule has 0 spiro atoms. The van der Waals surface area contributed by atoms with E-state index in [2.05, 4.69) is 58.4 Å². The SMILES string of the molecule is COC(CC1CC[C@@H](C)[C@](ON2CCCCC2)(C(=O)C=O)O1)/C(C)=C/C=C/C=C/C(C)CC(C)C(=O)CC(O)/C(C)=C/C(C)CCC(CCC1CCC(NCCOCCOCCOCCOCCOCCOCCOCCOCC(=O)N2CCc3cc(Cn4nc(-c5ccc6oc(N)nc6c5)c5c(N)ncnc54)ccc3C2)CC1)OC=O. The summed E-state index contributed by atoms with van der Waals surface area (Å²) in [6, 6.07) is 12.4. The third kappa shape index (κ3) is 30.6. The summed E-state index contributed by atoms with van der Waals surface area (Å²) >= 11 is 0. The third-order valence-corrected chi connectivity index (χ3v) is 22.6. The Hall–Kier alpha value is -7.59. The van der Waals surface area contributed by atoms with Crippen LogP contribution in [0.3, 0.4) is 0 Å². The van der Waals surface area contributed by atoms with Crippen molar-refractivity contribution in [1.29, 1.82) is 0 Å². The monoisotopic (exact) mass is 1630 g/mol. The summed E-state index contributed by atoms with van der Waals surface area (Å²) in [7, 11) is 1.66. The highest BCUT2D eigenvalue weighted by molar-refractivity contribution is 6.28. The molecule has 2 saturated heterocycles. The highest BCUT2D eigenvalue weighted by Crippen LogP contribution is 2.40. The molecule has 3 aromatic heterocycles. The van der Waals surface area contributed by atoms with Crippen molar-refractivity contribution in [2.45, 2.75) is 200 Å². The van der Waals surface area contributed by atoms with Crippen molar-refractivity contribution in [3.05, 3.63) is 107 Å². The van der Waals surface area contributed by atoms with E-state index in [9.17, 15) is 29.1 Å². The van der Waals surface area contributed by atoms with Gasteiger partial charge in [-0.25, -0.2) is 14.6 Å². The molecule has 4 aliphatic rings. The van der Waals surface area contributed by atoms with Crippen LogP contribution in [0.5, 0.6) is 0 Å². The first-order chi connectivity index (χ1) is 56.8. The highest BCUT2D eigenvalue weighted by Gasteiger charge is 2.52. The second kappa shape index (κ2) is 50.5. The van der Waals surface area contributed by atoms with Gasteiger partial charge in [-0.3, -0.25) is 28.8 Å². The zero-order chi connectivity index (χ0) is 83.2. The van der Waals surface area contributed by atoms with Crippen molar-refractivity contribution in [3.63, 3.8) is 0 Å². The molecule has 5 aromatic rings. The topological polar surface area (TPSA) is 357 Å². The first-order valence-corrected chi connectivity index (χ1v) is 42.3. The van der Waals surface area contributed by atoms with Gasteiger partial charge in [0.2, 0.25) is 5.91 Å². The van der Waals surface area contributed by atoms with E-state index in [0.29, 0.717) is 209 Å². The van der Waals surface area contributed by atoms with Crippen molar-refractivity contribution >= 4 is 64.2 Å². The maximum absolute atomic E-state index is 13.3. The number of amides is 1. The molecule has 2 aromatic carbocycles. The van der Waals surface area contributed by atoms with E-state index >= 15 is 0 Å². The van der Waals surface area contributed by atoms with E-state index in [4.69, 9.17) is 77.9 Å². The lowest BCUT2D eigenvalue weighted by atomic mass is 9.82. The van der Waals surface area contributed by atoms with Crippen LogP contribution >= 0.6 is 0 Å². The first-order valence-electron chi connectivity index (χ1n) is 42.3. The van der Waals surface area contributed by atoms with Gasteiger partial charge in [0, 0.05) is 76.1 Å². The maximum Gasteiger partial charge on any atom is 0.293 e. The van der Waals surface area contributed by atoms with Crippen molar-refractivity contribution in [2.24, 2.45) is 29.6 Å². The van der Waals surface area contributed by atoms with E-state index in [1.807, 2.05) is 79.8 Å². The number of aldehydes is 1. The van der Waals surface area contributed by atoms with Gasteiger partial charge in [0.15, 0.2) is 17.5 Å². The van der Waals surface area contributed by atoms with E-state index < -0.39 is 17.7 Å². The average molecular weight is 1630 g/mol. The molecule has 3 aliphatic heterocycles. The average Bonchev–Trinajstić information content (AvgIpc) is 1.69. The van der Waals surface area contributed by atoms with Crippen molar-refractivity contribution < 1.29 is 90.4 Å². The fourth-order valence-electron chi connectivity index (χ4n) is 15.7. The summed E-state index contributed by atoms with van der Waals surface area (Å²) in [6.07, 6.45) is 26.3. The Morgan fingerprint density at radius 1 is 0.735 bits per heavy atom. The van der Waals surface area contributed by atoms with Crippen LogP contribution in [0.25, 0.3) is 33.4 Å². The number of hydrogen-bond acceptors (Lipinski definition) is 27. The Balaban J connectivity index is 0.505. The summed E-state index contributed by atoms with van der Waals surface area (Å²) in [4.78, 5) is 84.1. The number of fused-ring (bicyclic) bond motifs is 3. The van der Waals surface area contributed by atoms with Crippen LogP contribution in [0.15, 0.2) is 94.7 Å². The van der Waals surface area contributed by atoms with E-state index in [1.54, 1.807) is 18.2 Å². The summed E-state index contributed by atoms with van der Waals surface area (Å²) in [6.45, 7) is 22.9. The van der Waals surface area contributed by atoms with Gasteiger partial charge in [-0.15, -0.1) is 0 Å². The number of ketones is 2. The smallest absolute Gasteiger partial charge is 0.293 e.